The molecule has 0 unspecified atom stereocenters. The van der Waals surface area contributed by atoms with Crippen LogP contribution in [0, 0.1) is 0 Å². The quantitative estimate of drug-likeness (QED) is 0.890. The van der Waals surface area contributed by atoms with Crippen molar-refractivity contribution in [3.63, 3.8) is 0 Å². The Bertz CT molecular complexity index is 571. The lowest BCUT2D eigenvalue weighted by atomic mass is 10.1. The molecule has 0 aliphatic carbocycles. The van der Waals surface area contributed by atoms with Gasteiger partial charge < -0.3 is 10.2 Å². The molecular weight excluding hydrogens is 286 g/mol. The number of pyridine rings is 1. The van der Waals surface area contributed by atoms with Gasteiger partial charge in [-0.2, -0.15) is 0 Å². The van der Waals surface area contributed by atoms with Gasteiger partial charge in [-0.25, -0.2) is 13.4 Å². The first kappa shape index (κ1) is 16.2. The Labute approximate surface area is 127 Å². The number of nitrogens with one attached hydrogen (secondary N) is 1. The first-order valence-electron chi connectivity index (χ1n) is 7.58. The molecule has 0 spiro atoms. The summed E-state index contributed by atoms with van der Waals surface area (Å²) >= 11 is 0. The van der Waals surface area contributed by atoms with E-state index in [9.17, 15) is 8.42 Å². The molecule has 1 aliphatic heterocycles. The number of rotatable bonds is 5. The van der Waals surface area contributed by atoms with E-state index in [1.54, 1.807) is 0 Å². The normalized spacial score (nSPS) is 18.2. The number of anilines is 1. The Kier molecular flexibility index (Phi) is 5.22. The molecule has 1 saturated heterocycles. The highest BCUT2D eigenvalue weighted by Gasteiger charge is 2.22. The fraction of sp³-hybridized carbons (Fsp3) is 0.667. The third-order valence-electron chi connectivity index (χ3n) is 3.67. The van der Waals surface area contributed by atoms with Gasteiger partial charge in [-0.3, -0.25) is 0 Å². The number of nitrogens with zero attached hydrogens (tertiary/aromatic N) is 2. The van der Waals surface area contributed by atoms with Gasteiger partial charge in [0.2, 0.25) is 0 Å². The summed E-state index contributed by atoms with van der Waals surface area (Å²) in [4.78, 5) is 6.74. The summed E-state index contributed by atoms with van der Waals surface area (Å²) in [6, 6.07) is 4.64. The standard InChI is InChI=1S/C15H25N3O2S/c1-4-14-9-13(11-16-12(2)3)10-15(17-14)18-5-7-21(19,20)8-6-18/h9-10,12,16H,4-8,11H2,1-3H3. The van der Waals surface area contributed by atoms with Crippen molar-refractivity contribution in [2.75, 3.05) is 29.5 Å². The van der Waals surface area contributed by atoms with Crippen LogP contribution in [0.25, 0.3) is 0 Å². The number of hydrogen-bond donors (Lipinski definition) is 1. The van der Waals surface area contributed by atoms with Crippen molar-refractivity contribution in [1.82, 2.24) is 10.3 Å². The molecule has 6 heteroatoms. The zero-order chi connectivity index (χ0) is 15.5. The molecule has 2 rings (SSSR count). The molecule has 2 heterocycles. The molecule has 1 aliphatic rings. The molecule has 0 bridgehead atoms. The van der Waals surface area contributed by atoms with Crippen molar-refractivity contribution in [3.05, 3.63) is 23.4 Å². The lowest BCUT2D eigenvalue weighted by Gasteiger charge is -2.28. The maximum atomic E-state index is 11.5. The topological polar surface area (TPSA) is 62.3 Å². The molecule has 1 N–H and O–H groups in total. The maximum Gasteiger partial charge on any atom is 0.153 e. The SMILES string of the molecule is CCc1cc(CNC(C)C)cc(N2CCS(=O)(=O)CC2)n1. The highest BCUT2D eigenvalue weighted by Crippen LogP contribution is 2.18. The largest absolute Gasteiger partial charge is 0.355 e. The van der Waals surface area contributed by atoms with Crippen LogP contribution in [0.2, 0.25) is 0 Å². The van der Waals surface area contributed by atoms with Crippen LogP contribution in [0.4, 0.5) is 5.82 Å². The van der Waals surface area contributed by atoms with Gasteiger partial charge in [-0.1, -0.05) is 20.8 Å². The van der Waals surface area contributed by atoms with E-state index >= 15 is 0 Å². The fourth-order valence-electron chi connectivity index (χ4n) is 2.34. The molecule has 0 radical (unpaired) electrons. The lowest BCUT2D eigenvalue weighted by molar-refractivity contribution is 0.584. The summed E-state index contributed by atoms with van der Waals surface area (Å²) in [5.41, 5.74) is 2.26. The van der Waals surface area contributed by atoms with Crippen molar-refractivity contribution >= 4 is 15.7 Å². The highest BCUT2D eigenvalue weighted by molar-refractivity contribution is 7.91. The predicted molar refractivity (Wildman–Crippen MR) is 86.5 cm³/mol. The van der Waals surface area contributed by atoms with Crippen LogP contribution in [-0.4, -0.2) is 44.0 Å². The summed E-state index contributed by atoms with van der Waals surface area (Å²) in [7, 11) is -2.85. The minimum atomic E-state index is -2.85. The smallest absolute Gasteiger partial charge is 0.153 e. The van der Waals surface area contributed by atoms with E-state index in [0.29, 0.717) is 19.1 Å². The summed E-state index contributed by atoms with van der Waals surface area (Å²) < 4.78 is 23.1. The van der Waals surface area contributed by atoms with Crippen molar-refractivity contribution in [3.8, 4) is 0 Å². The molecule has 0 saturated carbocycles. The molecular formula is C15H25N3O2S. The van der Waals surface area contributed by atoms with E-state index in [0.717, 1.165) is 24.5 Å². The Morgan fingerprint density at radius 2 is 1.95 bits per heavy atom. The van der Waals surface area contributed by atoms with E-state index in [2.05, 4.69) is 48.1 Å². The van der Waals surface area contributed by atoms with Gasteiger partial charge >= 0.3 is 0 Å². The van der Waals surface area contributed by atoms with Crippen molar-refractivity contribution in [2.24, 2.45) is 0 Å². The van der Waals surface area contributed by atoms with E-state index < -0.39 is 9.84 Å². The van der Waals surface area contributed by atoms with E-state index in [-0.39, 0.29) is 11.5 Å². The molecule has 118 valence electrons. The Morgan fingerprint density at radius 3 is 2.52 bits per heavy atom. The zero-order valence-electron chi connectivity index (χ0n) is 13.1. The number of aromatic nitrogens is 1. The van der Waals surface area contributed by atoms with Gasteiger partial charge in [0.25, 0.3) is 0 Å². The van der Waals surface area contributed by atoms with Crippen LogP contribution in [0.5, 0.6) is 0 Å². The monoisotopic (exact) mass is 311 g/mol. The lowest BCUT2D eigenvalue weighted by Crippen LogP contribution is -2.40. The minimum absolute atomic E-state index is 0.227. The van der Waals surface area contributed by atoms with Crippen LogP contribution in [-0.2, 0) is 22.8 Å². The third kappa shape index (κ3) is 4.68. The molecule has 1 aromatic rings. The Hall–Kier alpha value is -1.14. The fourth-order valence-corrected chi connectivity index (χ4v) is 3.54. The number of aryl methyl sites for hydroxylation is 1. The first-order valence-corrected chi connectivity index (χ1v) is 9.40. The van der Waals surface area contributed by atoms with Crippen LogP contribution in [0.1, 0.15) is 32.0 Å². The van der Waals surface area contributed by atoms with Crippen LogP contribution >= 0.6 is 0 Å². The van der Waals surface area contributed by atoms with Gasteiger partial charge in [0, 0.05) is 31.4 Å². The third-order valence-corrected chi connectivity index (χ3v) is 5.28. The van der Waals surface area contributed by atoms with Crippen LogP contribution in [0.15, 0.2) is 12.1 Å². The highest BCUT2D eigenvalue weighted by atomic mass is 32.2. The van der Waals surface area contributed by atoms with E-state index in [1.807, 2.05) is 0 Å². The van der Waals surface area contributed by atoms with Gasteiger partial charge in [-0.15, -0.1) is 0 Å². The zero-order valence-corrected chi connectivity index (χ0v) is 13.9. The van der Waals surface area contributed by atoms with Crippen LogP contribution < -0.4 is 10.2 Å². The summed E-state index contributed by atoms with van der Waals surface area (Å²) in [6.45, 7) is 8.23. The number of sulfone groups is 1. The Balaban J connectivity index is 2.16. The molecule has 0 aromatic carbocycles. The van der Waals surface area contributed by atoms with Gasteiger partial charge in [0.05, 0.1) is 11.5 Å². The molecule has 5 nitrogen and oxygen atoms in total. The summed E-state index contributed by atoms with van der Waals surface area (Å²) in [6.07, 6.45) is 0.884. The molecule has 0 atom stereocenters. The van der Waals surface area contributed by atoms with Crippen molar-refractivity contribution in [2.45, 2.75) is 39.8 Å². The van der Waals surface area contributed by atoms with Crippen LogP contribution in [0.3, 0.4) is 0 Å². The van der Waals surface area contributed by atoms with Gasteiger partial charge in [0.1, 0.15) is 5.82 Å². The van der Waals surface area contributed by atoms with Crippen molar-refractivity contribution in [1.29, 1.82) is 0 Å². The average molecular weight is 311 g/mol. The van der Waals surface area contributed by atoms with Gasteiger partial charge in [-0.05, 0) is 24.1 Å². The Morgan fingerprint density at radius 1 is 1.29 bits per heavy atom. The maximum absolute atomic E-state index is 11.5. The van der Waals surface area contributed by atoms with E-state index in [4.69, 9.17) is 0 Å². The van der Waals surface area contributed by atoms with Crippen molar-refractivity contribution < 1.29 is 8.42 Å². The summed E-state index contributed by atoms with van der Waals surface area (Å²) in [5, 5.41) is 3.41. The predicted octanol–water partition coefficient (Wildman–Crippen LogP) is 1.38. The second-order valence-corrected chi connectivity index (χ2v) is 8.16. The second kappa shape index (κ2) is 6.75. The summed E-state index contributed by atoms with van der Waals surface area (Å²) in [5.74, 6) is 1.36. The first-order chi connectivity index (χ1) is 9.89. The van der Waals surface area contributed by atoms with Gasteiger partial charge in [0.15, 0.2) is 9.84 Å². The second-order valence-electron chi connectivity index (χ2n) is 5.85. The minimum Gasteiger partial charge on any atom is -0.355 e. The van der Waals surface area contributed by atoms with E-state index in [1.165, 1.54) is 5.56 Å². The molecule has 1 aromatic heterocycles. The molecule has 1 fully saturated rings. The number of hydrogen-bond acceptors (Lipinski definition) is 5. The molecule has 21 heavy (non-hydrogen) atoms. The molecule has 0 amide bonds. The average Bonchev–Trinajstić information content (AvgIpc) is 2.44.